The molecule has 0 N–H and O–H groups in total. The molecule has 0 amide bonds. The Bertz CT molecular complexity index is 238. The highest BCUT2D eigenvalue weighted by atomic mass is 79.9. The highest BCUT2D eigenvalue weighted by molar-refractivity contribution is 9.10. The lowest BCUT2D eigenvalue weighted by molar-refractivity contribution is 0.295. The molecule has 0 aliphatic rings. The van der Waals surface area contributed by atoms with Gasteiger partial charge in [-0.1, -0.05) is 15.9 Å². The zero-order valence-corrected chi connectivity index (χ0v) is 8.04. The van der Waals surface area contributed by atoms with Gasteiger partial charge in [0, 0.05) is 4.47 Å². The van der Waals surface area contributed by atoms with Crippen LogP contribution in [0.15, 0.2) is 22.7 Å². The van der Waals surface area contributed by atoms with Gasteiger partial charge in [0.05, 0.1) is 0 Å². The lowest BCUT2D eigenvalue weighted by Gasteiger charge is -1.94. The van der Waals surface area contributed by atoms with Gasteiger partial charge >= 0.3 is 0 Å². The van der Waals surface area contributed by atoms with Crippen LogP contribution in [0.1, 0.15) is 5.56 Å². The van der Waals surface area contributed by atoms with Crippen LogP contribution in [-0.2, 0) is 0 Å². The Hall–Kier alpha value is -0.510. The van der Waals surface area contributed by atoms with Crippen molar-refractivity contribution in [3.63, 3.8) is 0 Å². The molecule has 1 aromatic carbocycles. The van der Waals surface area contributed by atoms with E-state index in [9.17, 15) is 13.2 Å². The maximum atomic E-state index is 12.3. The van der Waals surface area contributed by atoms with Gasteiger partial charge in [0.15, 0.2) is 0 Å². The molecule has 0 fully saturated rings. The van der Waals surface area contributed by atoms with Gasteiger partial charge in [0.1, 0.15) is 5.82 Å². The van der Waals surface area contributed by atoms with Crippen LogP contribution in [0.4, 0.5) is 13.2 Å². The van der Waals surface area contributed by atoms with E-state index >= 15 is 0 Å². The quantitative estimate of drug-likeness (QED) is 0.648. The normalized spacial score (nSPS) is 8.75. The molecule has 0 aromatic heterocycles. The minimum absolute atomic E-state index is 0.185. The summed E-state index contributed by atoms with van der Waals surface area (Å²) in [7, 11) is 0. The smallest absolute Gasteiger partial charge is 0.214 e. The van der Waals surface area contributed by atoms with E-state index in [1.54, 1.807) is 6.07 Å². The van der Waals surface area contributed by atoms with Crippen molar-refractivity contribution >= 4 is 15.9 Å². The molecule has 68 valence electrons. The van der Waals surface area contributed by atoms with Crippen LogP contribution in [0.25, 0.3) is 0 Å². The van der Waals surface area contributed by atoms with Crippen molar-refractivity contribution in [2.45, 2.75) is 6.92 Å². The Balaban J connectivity index is 0.000000354. The van der Waals surface area contributed by atoms with Crippen LogP contribution < -0.4 is 0 Å². The Morgan fingerprint density at radius 2 is 1.83 bits per heavy atom. The molecule has 0 radical (unpaired) electrons. The molecule has 0 saturated carbocycles. The second-order valence-electron chi connectivity index (χ2n) is 1.99. The summed E-state index contributed by atoms with van der Waals surface area (Å²) in [5.41, 5.74) is 0.926. The fourth-order valence-electron chi connectivity index (χ4n) is 0.608. The molecular weight excluding hydrogens is 233 g/mol. The van der Waals surface area contributed by atoms with Gasteiger partial charge in [-0.2, -0.15) is 0 Å². The van der Waals surface area contributed by atoms with Crippen molar-refractivity contribution < 1.29 is 13.2 Å². The zero-order valence-electron chi connectivity index (χ0n) is 6.45. The van der Waals surface area contributed by atoms with E-state index in [0.29, 0.717) is 0 Å². The van der Waals surface area contributed by atoms with E-state index in [4.69, 9.17) is 0 Å². The molecule has 0 atom stereocenters. The van der Waals surface area contributed by atoms with Crippen molar-refractivity contribution in [2.75, 3.05) is 6.93 Å². The van der Waals surface area contributed by atoms with Crippen LogP contribution in [0.2, 0.25) is 0 Å². The van der Waals surface area contributed by atoms with Gasteiger partial charge in [-0.3, -0.25) is 0 Å². The summed E-state index contributed by atoms with van der Waals surface area (Å²) in [4.78, 5) is 0. The molecule has 0 aliphatic heterocycles. The van der Waals surface area contributed by atoms with Gasteiger partial charge in [0.2, 0.25) is 6.93 Å². The molecule has 0 bridgehead atoms. The third kappa shape index (κ3) is 4.38. The molecule has 1 rings (SSSR count). The Morgan fingerprint density at radius 3 is 2.17 bits per heavy atom. The monoisotopic (exact) mass is 240 g/mol. The van der Waals surface area contributed by atoms with Gasteiger partial charge < -0.3 is 0 Å². The topological polar surface area (TPSA) is 0 Å². The van der Waals surface area contributed by atoms with Gasteiger partial charge in [-0.05, 0) is 30.7 Å². The lowest BCUT2D eigenvalue weighted by Crippen LogP contribution is -1.76. The first-order chi connectivity index (χ1) is 5.61. The van der Waals surface area contributed by atoms with Gasteiger partial charge in [0.25, 0.3) is 0 Å². The highest BCUT2D eigenvalue weighted by Gasteiger charge is 1.93. The average Bonchev–Trinajstić information content (AvgIpc) is 1.99. The number of aryl methyl sites for hydroxylation is 1. The minimum atomic E-state index is -1.75. The number of hydrogen-bond donors (Lipinski definition) is 0. The first kappa shape index (κ1) is 11.5. The van der Waals surface area contributed by atoms with Crippen LogP contribution in [0.5, 0.6) is 0 Å². The summed E-state index contributed by atoms with van der Waals surface area (Å²) in [6.45, 7) is 0.104. The van der Waals surface area contributed by atoms with E-state index in [0.717, 1.165) is 10.0 Å². The highest BCUT2D eigenvalue weighted by Crippen LogP contribution is 2.15. The van der Waals surface area contributed by atoms with Crippen LogP contribution >= 0.6 is 15.9 Å². The first-order valence-electron chi connectivity index (χ1n) is 3.15. The van der Waals surface area contributed by atoms with Crippen molar-refractivity contribution in [1.29, 1.82) is 0 Å². The van der Waals surface area contributed by atoms with Crippen molar-refractivity contribution in [2.24, 2.45) is 0 Å². The van der Waals surface area contributed by atoms with E-state index in [-0.39, 0.29) is 5.82 Å². The third-order valence-corrected chi connectivity index (χ3v) is 2.01. The summed E-state index contributed by atoms with van der Waals surface area (Å²) < 4.78 is 32.5. The molecule has 0 unspecified atom stereocenters. The fraction of sp³-hybridized carbons (Fsp3) is 0.250. The Labute approximate surface area is 77.5 Å². The zero-order chi connectivity index (χ0) is 9.56. The summed E-state index contributed by atoms with van der Waals surface area (Å²) in [5, 5.41) is 0. The lowest BCUT2D eigenvalue weighted by atomic mass is 10.2. The second kappa shape index (κ2) is 6.06. The molecular formula is C8H8BrF3. The van der Waals surface area contributed by atoms with Crippen molar-refractivity contribution in [3.05, 3.63) is 34.1 Å². The number of halogens is 4. The number of alkyl halides is 2. The predicted octanol–water partition coefficient (Wildman–Crippen LogP) is 3.78. The molecule has 12 heavy (non-hydrogen) atoms. The van der Waals surface area contributed by atoms with Crippen LogP contribution in [0, 0.1) is 12.7 Å². The van der Waals surface area contributed by atoms with Crippen molar-refractivity contribution in [3.8, 4) is 0 Å². The van der Waals surface area contributed by atoms with Crippen molar-refractivity contribution in [1.82, 2.24) is 0 Å². The SMILES string of the molecule is Cc1cc(F)ccc1Br.FCF. The summed E-state index contributed by atoms with van der Waals surface area (Å²) >= 11 is 3.26. The maximum Gasteiger partial charge on any atom is 0.229 e. The number of hydrogen-bond acceptors (Lipinski definition) is 0. The Kier molecular flexibility index (Phi) is 5.80. The van der Waals surface area contributed by atoms with E-state index in [2.05, 4.69) is 15.9 Å². The predicted molar refractivity (Wildman–Crippen MR) is 45.9 cm³/mol. The average molecular weight is 241 g/mol. The van der Waals surface area contributed by atoms with E-state index in [1.165, 1.54) is 12.1 Å². The Morgan fingerprint density at radius 1 is 1.33 bits per heavy atom. The van der Waals surface area contributed by atoms with E-state index in [1.807, 2.05) is 6.92 Å². The molecule has 0 aliphatic carbocycles. The van der Waals surface area contributed by atoms with Gasteiger partial charge in [-0.25, -0.2) is 13.2 Å². The number of rotatable bonds is 0. The molecule has 1 aromatic rings. The molecule has 0 heterocycles. The molecule has 0 saturated heterocycles. The van der Waals surface area contributed by atoms with E-state index < -0.39 is 6.93 Å². The summed E-state index contributed by atoms with van der Waals surface area (Å²) in [6.07, 6.45) is 0. The maximum absolute atomic E-state index is 12.3. The van der Waals surface area contributed by atoms with Crippen LogP contribution in [-0.4, -0.2) is 6.93 Å². The number of benzene rings is 1. The fourth-order valence-corrected chi connectivity index (χ4v) is 0.855. The largest absolute Gasteiger partial charge is 0.229 e. The second-order valence-corrected chi connectivity index (χ2v) is 2.85. The first-order valence-corrected chi connectivity index (χ1v) is 3.94. The minimum Gasteiger partial charge on any atom is -0.214 e. The standard InChI is InChI=1S/C7H6BrF.CH2F2/c1-5-4-6(9)2-3-7(5)8;2-1-3/h2-4H,1H3;1H2. The molecule has 4 heteroatoms. The van der Waals surface area contributed by atoms with Crippen LogP contribution in [0.3, 0.4) is 0 Å². The summed E-state index contributed by atoms with van der Waals surface area (Å²) in [6, 6.07) is 4.62. The van der Waals surface area contributed by atoms with Gasteiger partial charge in [-0.15, -0.1) is 0 Å². The third-order valence-electron chi connectivity index (χ3n) is 1.12. The summed E-state index contributed by atoms with van der Waals surface area (Å²) in [5.74, 6) is -0.185. The molecule has 0 spiro atoms. The molecule has 0 nitrogen and oxygen atoms in total.